The number of hydrogen-bond acceptors (Lipinski definition) is 4. The first-order chi connectivity index (χ1) is 15.5. The van der Waals surface area contributed by atoms with Crippen LogP contribution in [-0.2, 0) is 6.54 Å². The average Bonchev–Trinajstić information content (AvgIpc) is 2.82. The number of ether oxygens (including phenoxy) is 1. The first-order valence-corrected chi connectivity index (χ1v) is 11.4. The molecule has 0 spiro atoms. The number of nitrogens with zero attached hydrogens (tertiary/aromatic N) is 2. The highest BCUT2D eigenvalue weighted by Crippen LogP contribution is 2.35. The number of benzene rings is 3. The lowest BCUT2D eigenvalue weighted by Crippen LogP contribution is -2.48. The maximum absolute atomic E-state index is 11.4. The standard InChI is InChI=1S/C28H34N2O2.2ClH/c1-21-4-10-24(11-5-21)27(28(31)25-12-6-22(2)7-13-25)30-18-16-29(17-19-30)20-23-8-14-26(32-3)15-9-23;;/h4-15,27-28,31H,16-20H2,1-3H3;2*1H. The Kier molecular flexibility index (Phi) is 10.9. The minimum atomic E-state index is -0.563. The summed E-state index contributed by atoms with van der Waals surface area (Å²) in [5.41, 5.74) is 5.89. The van der Waals surface area contributed by atoms with E-state index < -0.39 is 6.10 Å². The van der Waals surface area contributed by atoms with Gasteiger partial charge in [-0.2, -0.15) is 0 Å². The van der Waals surface area contributed by atoms with E-state index in [1.807, 2.05) is 12.1 Å². The molecule has 3 aromatic carbocycles. The molecule has 2 unspecified atom stereocenters. The van der Waals surface area contributed by atoms with Gasteiger partial charge in [-0.05, 0) is 42.7 Å². The largest absolute Gasteiger partial charge is 0.497 e. The van der Waals surface area contributed by atoms with E-state index in [2.05, 4.69) is 84.3 Å². The number of aliphatic hydroxyl groups excluding tert-OH is 1. The molecule has 0 bridgehead atoms. The lowest BCUT2D eigenvalue weighted by Gasteiger charge is -2.41. The molecular formula is C28H36Cl2N2O2. The van der Waals surface area contributed by atoms with Crippen molar-refractivity contribution in [2.75, 3.05) is 33.3 Å². The molecular weight excluding hydrogens is 467 g/mol. The molecule has 1 aliphatic heterocycles. The molecule has 34 heavy (non-hydrogen) atoms. The molecule has 0 amide bonds. The minimum absolute atomic E-state index is 0. The van der Waals surface area contributed by atoms with Crippen molar-refractivity contribution < 1.29 is 9.84 Å². The molecule has 0 aliphatic carbocycles. The van der Waals surface area contributed by atoms with Crippen molar-refractivity contribution in [3.63, 3.8) is 0 Å². The van der Waals surface area contributed by atoms with Crippen LogP contribution in [0.2, 0.25) is 0 Å². The van der Waals surface area contributed by atoms with E-state index >= 15 is 0 Å². The topological polar surface area (TPSA) is 35.9 Å². The van der Waals surface area contributed by atoms with Crippen LogP contribution in [0.5, 0.6) is 5.75 Å². The zero-order chi connectivity index (χ0) is 22.5. The van der Waals surface area contributed by atoms with E-state index in [1.54, 1.807) is 7.11 Å². The second-order valence-electron chi connectivity index (χ2n) is 8.87. The predicted octanol–water partition coefficient (Wildman–Crippen LogP) is 5.75. The summed E-state index contributed by atoms with van der Waals surface area (Å²) < 4.78 is 5.27. The van der Waals surface area contributed by atoms with E-state index in [9.17, 15) is 5.11 Å². The van der Waals surface area contributed by atoms with Crippen molar-refractivity contribution in [2.45, 2.75) is 32.5 Å². The normalized spacial score (nSPS) is 16.1. The second kappa shape index (κ2) is 13.1. The van der Waals surface area contributed by atoms with Gasteiger partial charge in [0.15, 0.2) is 0 Å². The van der Waals surface area contributed by atoms with Gasteiger partial charge in [-0.1, -0.05) is 71.8 Å². The van der Waals surface area contributed by atoms with Gasteiger partial charge in [0.25, 0.3) is 0 Å². The third kappa shape index (κ3) is 6.97. The number of piperazine rings is 1. The fraction of sp³-hybridized carbons (Fsp3) is 0.357. The van der Waals surface area contributed by atoms with Gasteiger partial charge in [0, 0.05) is 32.7 Å². The van der Waals surface area contributed by atoms with Crippen molar-refractivity contribution in [1.29, 1.82) is 0 Å². The van der Waals surface area contributed by atoms with Crippen molar-refractivity contribution in [3.8, 4) is 5.75 Å². The van der Waals surface area contributed by atoms with Gasteiger partial charge in [0.1, 0.15) is 5.75 Å². The van der Waals surface area contributed by atoms with Crippen LogP contribution in [0.4, 0.5) is 0 Å². The molecule has 1 aliphatic rings. The van der Waals surface area contributed by atoms with Gasteiger partial charge >= 0.3 is 0 Å². The molecule has 4 nitrogen and oxygen atoms in total. The molecule has 1 heterocycles. The zero-order valence-electron chi connectivity index (χ0n) is 20.2. The number of aliphatic hydroxyl groups is 1. The zero-order valence-corrected chi connectivity index (χ0v) is 21.8. The van der Waals surface area contributed by atoms with E-state index in [4.69, 9.17) is 4.74 Å². The van der Waals surface area contributed by atoms with E-state index in [0.29, 0.717) is 0 Å². The van der Waals surface area contributed by atoms with Gasteiger partial charge in [-0.3, -0.25) is 9.80 Å². The first-order valence-electron chi connectivity index (χ1n) is 11.4. The highest BCUT2D eigenvalue weighted by atomic mass is 35.5. The SMILES string of the molecule is COc1ccc(CN2CCN(C(c3ccc(C)cc3)C(O)c3ccc(C)cc3)CC2)cc1.Cl.Cl. The van der Waals surface area contributed by atoms with Crippen molar-refractivity contribution in [1.82, 2.24) is 9.80 Å². The number of rotatable bonds is 7. The van der Waals surface area contributed by atoms with Crippen LogP contribution in [0.15, 0.2) is 72.8 Å². The van der Waals surface area contributed by atoms with Crippen molar-refractivity contribution in [2.24, 2.45) is 0 Å². The van der Waals surface area contributed by atoms with Crippen LogP contribution in [0.1, 0.15) is 40.0 Å². The highest BCUT2D eigenvalue weighted by Gasteiger charge is 2.31. The summed E-state index contributed by atoms with van der Waals surface area (Å²) in [5.74, 6) is 0.893. The van der Waals surface area contributed by atoms with Crippen LogP contribution in [0.3, 0.4) is 0 Å². The Morgan fingerprint density at radius 3 is 1.74 bits per heavy atom. The number of hydrogen-bond donors (Lipinski definition) is 1. The van der Waals surface area contributed by atoms with E-state index in [0.717, 1.165) is 44.0 Å². The minimum Gasteiger partial charge on any atom is -0.497 e. The Morgan fingerprint density at radius 1 is 0.735 bits per heavy atom. The number of halogens is 2. The lowest BCUT2D eigenvalue weighted by molar-refractivity contribution is 0.0148. The fourth-order valence-electron chi connectivity index (χ4n) is 4.49. The molecule has 3 aromatic rings. The molecule has 184 valence electrons. The van der Waals surface area contributed by atoms with E-state index in [1.165, 1.54) is 22.3 Å². The van der Waals surface area contributed by atoms with Gasteiger partial charge in [0.05, 0.1) is 19.3 Å². The van der Waals surface area contributed by atoms with Crippen LogP contribution in [0, 0.1) is 13.8 Å². The molecule has 1 fully saturated rings. The van der Waals surface area contributed by atoms with Gasteiger partial charge in [0.2, 0.25) is 0 Å². The van der Waals surface area contributed by atoms with Crippen LogP contribution in [-0.4, -0.2) is 48.2 Å². The molecule has 0 radical (unpaired) electrons. The number of aryl methyl sites for hydroxylation is 2. The summed E-state index contributed by atoms with van der Waals surface area (Å²) in [6, 6.07) is 25.2. The predicted molar refractivity (Wildman–Crippen MR) is 144 cm³/mol. The first kappa shape index (κ1) is 28.2. The van der Waals surface area contributed by atoms with Gasteiger partial charge < -0.3 is 9.84 Å². The van der Waals surface area contributed by atoms with Crippen molar-refractivity contribution in [3.05, 3.63) is 101 Å². The maximum Gasteiger partial charge on any atom is 0.118 e. The second-order valence-corrected chi connectivity index (χ2v) is 8.87. The third-order valence-corrected chi connectivity index (χ3v) is 6.50. The Hall–Kier alpha value is -2.08. The fourth-order valence-corrected chi connectivity index (χ4v) is 4.49. The smallest absolute Gasteiger partial charge is 0.118 e. The molecule has 4 rings (SSSR count). The third-order valence-electron chi connectivity index (χ3n) is 6.50. The molecule has 0 aromatic heterocycles. The number of methoxy groups -OCH3 is 1. The summed E-state index contributed by atoms with van der Waals surface area (Å²) >= 11 is 0. The Bertz CT molecular complexity index is 986. The molecule has 2 atom stereocenters. The summed E-state index contributed by atoms with van der Waals surface area (Å²) in [6.07, 6.45) is -0.563. The quantitative estimate of drug-likeness (QED) is 0.446. The highest BCUT2D eigenvalue weighted by molar-refractivity contribution is 5.85. The lowest BCUT2D eigenvalue weighted by atomic mass is 9.92. The maximum atomic E-state index is 11.4. The summed E-state index contributed by atoms with van der Waals surface area (Å²) in [4.78, 5) is 4.93. The molecule has 1 N–H and O–H groups in total. The Balaban J connectivity index is 0.00000204. The monoisotopic (exact) mass is 502 g/mol. The van der Waals surface area contributed by atoms with Crippen LogP contribution < -0.4 is 4.74 Å². The molecule has 6 heteroatoms. The summed E-state index contributed by atoms with van der Waals surface area (Å²) in [7, 11) is 1.70. The molecule has 1 saturated heterocycles. The van der Waals surface area contributed by atoms with E-state index in [-0.39, 0.29) is 30.9 Å². The summed E-state index contributed by atoms with van der Waals surface area (Å²) in [6.45, 7) is 8.94. The van der Waals surface area contributed by atoms with Gasteiger partial charge in [-0.25, -0.2) is 0 Å². The van der Waals surface area contributed by atoms with Crippen molar-refractivity contribution >= 4 is 24.8 Å². The Morgan fingerprint density at radius 2 is 1.24 bits per heavy atom. The Labute approximate surface area is 216 Å². The van der Waals surface area contributed by atoms with Crippen LogP contribution in [0.25, 0.3) is 0 Å². The molecule has 0 saturated carbocycles. The van der Waals surface area contributed by atoms with Gasteiger partial charge in [-0.15, -0.1) is 24.8 Å². The average molecular weight is 504 g/mol. The summed E-state index contributed by atoms with van der Waals surface area (Å²) in [5, 5.41) is 11.4. The van der Waals surface area contributed by atoms with Crippen LogP contribution >= 0.6 is 24.8 Å².